The maximum atomic E-state index is 12.7. The highest BCUT2D eigenvalue weighted by Crippen LogP contribution is 2.25. The standard InChI is InChI=1S/C17H25N3O4S/c21-20(22)16-7-9-17(10-8-16)25(23,24)19-13-11-18(12-14-19)15-5-3-1-2-4-6-15/h7-10,15H,1-6,11-14H2. The highest BCUT2D eigenvalue weighted by atomic mass is 32.2. The quantitative estimate of drug-likeness (QED) is 0.464. The Labute approximate surface area is 148 Å². The van der Waals surface area contributed by atoms with E-state index < -0.39 is 14.9 Å². The first-order valence-electron chi connectivity index (χ1n) is 8.97. The van der Waals surface area contributed by atoms with E-state index in [4.69, 9.17) is 0 Å². The van der Waals surface area contributed by atoms with Gasteiger partial charge in [-0.25, -0.2) is 8.42 Å². The lowest BCUT2D eigenvalue weighted by Crippen LogP contribution is -2.51. The van der Waals surface area contributed by atoms with Gasteiger partial charge in [0.2, 0.25) is 10.0 Å². The molecular weight excluding hydrogens is 342 g/mol. The van der Waals surface area contributed by atoms with E-state index in [9.17, 15) is 18.5 Å². The molecule has 0 N–H and O–H groups in total. The van der Waals surface area contributed by atoms with Crippen LogP contribution in [0.4, 0.5) is 5.69 Å². The highest BCUT2D eigenvalue weighted by Gasteiger charge is 2.31. The number of piperazine rings is 1. The number of nitro groups is 1. The summed E-state index contributed by atoms with van der Waals surface area (Å²) in [5, 5.41) is 10.7. The predicted molar refractivity (Wildman–Crippen MR) is 94.9 cm³/mol. The van der Waals surface area contributed by atoms with Crippen LogP contribution in [-0.4, -0.2) is 54.8 Å². The average Bonchev–Trinajstić information content (AvgIpc) is 2.91. The second-order valence-electron chi connectivity index (χ2n) is 6.84. The molecule has 1 aliphatic carbocycles. The maximum absolute atomic E-state index is 12.7. The van der Waals surface area contributed by atoms with Crippen molar-refractivity contribution in [3.05, 3.63) is 34.4 Å². The Kier molecular flexibility index (Phi) is 5.71. The number of nitrogens with zero attached hydrogens (tertiary/aromatic N) is 3. The van der Waals surface area contributed by atoms with Gasteiger partial charge in [0, 0.05) is 44.4 Å². The molecule has 1 saturated carbocycles. The third-order valence-electron chi connectivity index (χ3n) is 5.30. The smallest absolute Gasteiger partial charge is 0.269 e. The van der Waals surface area contributed by atoms with E-state index in [2.05, 4.69) is 4.90 Å². The molecule has 1 heterocycles. The summed E-state index contributed by atoms with van der Waals surface area (Å²) in [5.41, 5.74) is -0.0999. The second-order valence-corrected chi connectivity index (χ2v) is 8.77. The Morgan fingerprint density at radius 1 is 0.920 bits per heavy atom. The van der Waals surface area contributed by atoms with Gasteiger partial charge in [-0.1, -0.05) is 25.7 Å². The van der Waals surface area contributed by atoms with Gasteiger partial charge in [-0.2, -0.15) is 4.31 Å². The van der Waals surface area contributed by atoms with Crippen molar-refractivity contribution >= 4 is 15.7 Å². The van der Waals surface area contributed by atoms with Crippen molar-refractivity contribution in [2.75, 3.05) is 26.2 Å². The Morgan fingerprint density at radius 3 is 2.00 bits per heavy atom. The molecule has 8 heteroatoms. The number of benzene rings is 1. The van der Waals surface area contributed by atoms with Gasteiger partial charge in [0.05, 0.1) is 9.82 Å². The summed E-state index contributed by atoms with van der Waals surface area (Å²) in [6, 6.07) is 5.73. The van der Waals surface area contributed by atoms with Crippen molar-refractivity contribution in [2.24, 2.45) is 0 Å². The lowest BCUT2D eigenvalue weighted by Gasteiger charge is -2.38. The topological polar surface area (TPSA) is 83.8 Å². The molecule has 0 radical (unpaired) electrons. The van der Waals surface area contributed by atoms with Gasteiger partial charge in [0.1, 0.15) is 0 Å². The molecule has 0 bridgehead atoms. The van der Waals surface area contributed by atoms with Crippen LogP contribution in [0.15, 0.2) is 29.2 Å². The normalized spacial score (nSPS) is 21.8. The SMILES string of the molecule is O=[N+]([O-])c1ccc(S(=O)(=O)N2CCN(C3CCCCCC3)CC2)cc1. The number of rotatable bonds is 4. The molecular formula is C17H25N3O4S. The molecule has 0 atom stereocenters. The van der Waals surface area contributed by atoms with E-state index in [0.29, 0.717) is 19.1 Å². The van der Waals surface area contributed by atoms with Gasteiger partial charge in [-0.3, -0.25) is 15.0 Å². The first-order valence-corrected chi connectivity index (χ1v) is 10.4. The van der Waals surface area contributed by atoms with E-state index in [-0.39, 0.29) is 10.6 Å². The Morgan fingerprint density at radius 2 is 1.48 bits per heavy atom. The first kappa shape index (κ1) is 18.3. The molecule has 1 saturated heterocycles. The number of hydrogen-bond acceptors (Lipinski definition) is 5. The molecule has 2 fully saturated rings. The number of hydrogen-bond donors (Lipinski definition) is 0. The molecule has 138 valence electrons. The summed E-state index contributed by atoms with van der Waals surface area (Å²) in [7, 11) is -3.58. The summed E-state index contributed by atoms with van der Waals surface area (Å²) in [6.07, 6.45) is 7.60. The van der Waals surface area contributed by atoms with Gasteiger partial charge < -0.3 is 0 Å². The Bertz CT molecular complexity index is 689. The third kappa shape index (κ3) is 4.19. The Hall–Kier alpha value is -1.51. The van der Waals surface area contributed by atoms with Crippen LogP contribution in [0, 0.1) is 10.1 Å². The van der Waals surface area contributed by atoms with Gasteiger partial charge in [0.25, 0.3) is 5.69 Å². The minimum atomic E-state index is -3.58. The highest BCUT2D eigenvalue weighted by molar-refractivity contribution is 7.89. The zero-order chi connectivity index (χ0) is 17.9. The molecule has 1 aromatic rings. The van der Waals surface area contributed by atoms with Gasteiger partial charge in [-0.15, -0.1) is 0 Å². The van der Waals surface area contributed by atoms with Gasteiger partial charge >= 0.3 is 0 Å². The minimum Gasteiger partial charge on any atom is -0.298 e. The van der Waals surface area contributed by atoms with Gasteiger partial charge in [-0.05, 0) is 25.0 Å². The van der Waals surface area contributed by atoms with Crippen LogP contribution in [0.2, 0.25) is 0 Å². The molecule has 0 spiro atoms. The van der Waals surface area contributed by atoms with Crippen molar-refractivity contribution in [1.29, 1.82) is 0 Å². The van der Waals surface area contributed by atoms with E-state index >= 15 is 0 Å². The maximum Gasteiger partial charge on any atom is 0.269 e. The fraction of sp³-hybridized carbons (Fsp3) is 0.647. The zero-order valence-corrected chi connectivity index (χ0v) is 15.2. The molecule has 3 rings (SSSR count). The number of nitro benzene ring substituents is 1. The fourth-order valence-electron chi connectivity index (χ4n) is 3.82. The van der Waals surface area contributed by atoms with E-state index in [0.717, 1.165) is 13.1 Å². The van der Waals surface area contributed by atoms with Crippen molar-refractivity contribution in [3.63, 3.8) is 0 Å². The van der Waals surface area contributed by atoms with Crippen LogP contribution in [0.5, 0.6) is 0 Å². The molecule has 0 unspecified atom stereocenters. The molecule has 1 aromatic carbocycles. The largest absolute Gasteiger partial charge is 0.298 e. The summed E-state index contributed by atoms with van der Waals surface area (Å²) < 4.78 is 27.0. The third-order valence-corrected chi connectivity index (χ3v) is 7.21. The summed E-state index contributed by atoms with van der Waals surface area (Å²) in [5.74, 6) is 0. The Balaban J connectivity index is 1.63. The van der Waals surface area contributed by atoms with Crippen molar-refractivity contribution in [1.82, 2.24) is 9.21 Å². The van der Waals surface area contributed by atoms with Crippen LogP contribution >= 0.6 is 0 Å². The van der Waals surface area contributed by atoms with E-state index in [1.54, 1.807) is 0 Å². The molecule has 0 aromatic heterocycles. The van der Waals surface area contributed by atoms with Crippen molar-refractivity contribution in [3.8, 4) is 0 Å². The predicted octanol–water partition coefficient (Wildman–Crippen LogP) is 2.62. The van der Waals surface area contributed by atoms with Crippen LogP contribution < -0.4 is 0 Å². The van der Waals surface area contributed by atoms with Crippen molar-refractivity contribution in [2.45, 2.75) is 49.5 Å². The first-order chi connectivity index (χ1) is 12.0. The lowest BCUT2D eigenvalue weighted by molar-refractivity contribution is -0.384. The summed E-state index contributed by atoms with van der Waals surface area (Å²) in [6.45, 7) is 2.49. The second kappa shape index (κ2) is 7.80. The minimum absolute atomic E-state index is 0.0999. The molecule has 0 amide bonds. The molecule has 2 aliphatic rings. The molecule has 1 aliphatic heterocycles. The molecule has 25 heavy (non-hydrogen) atoms. The van der Waals surface area contributed by atoms with Crippen LogP contribution in [0.25, 0.3) is 0 Å². The van der Waals surface area contributed by atoms with Gasteiger partial charge in [0.15, 0.2) is 0 Å². The van der Waals surface area contributed by atoms with Crippen LogP contribution in [0.1, 0.15) is 38.5 Å². The van der Waals surface area contributed by atoms with Crippen molar-refractivity contribution < 1.29 is 13.3 Å². The van der Waals surface area contributed by atoms with E-state index in [1.165, 1.54) is 67.1 Å². The number of non-ortho nitro benzene ring substituents is 1. The monoisotopic (exact) mass is 367 g/mol. The summed E-state index contributed by atoms with van der Waals surface area (Å²) >= 11 is 0. The van der Waals surface area contributed by atoms with Crippen LogP contribution in [0.3, 0.4) is 0 Å². The molecule has 7 nitrogen and oxygen atoms in total. The summed E-state index contributed by atoms with van der Waals surface area (Å²) in [4.78, 5) is 12.8. The van der Waals surface area contributed by atoms with Crippen LogP contribution in [-0.2, 0) is 10.0 Å². The fourth-order valence-corrected chi connectivity index (χ4v) is 5.24. The van der Waals surface area contributed by atoms with E-state index in [1.807, 2.05) is 0 Å². The average molecular weight is 367 g/mol. The zero-order valence-electron chi connectivity index (χ0n) is 14.3. The lowest BCUT2D eigenvalue weighted by atomic mass is 10.1. The number of sulfonamides is 1.